The van der Waals surface area contributed by atoms with Gasteiger partial charge in [0.2, 0.25) is 0 Å². The highest BCUT2D eigenvalue weighted by atomic mass is 19.1. The van der Waals surface area contributed by atoms with Gasteiger partial charge in [-0.3, -0.25) is 9.63 Å². The summed E-state index contributed by atoms with van der Waals surface area (Å²) in [6.45, 7) is -0.677. The number of carbonyl (C=O) groups excluding carboxylic acids is 1. The quantitative estimate of drug-likeness (QED) is 0.503. The number of hydroxylamine groups is 1. The van der Waals surface area contributed by atoms with Crippen LogP contribution in [0.1, 0.15) is 10.4 Å². The Morgan fingerprint density at radius 2 is 2.19 bits per heavy atom. The lowest BCUT2D eigenvalue weighted by molar-refractivity contribution is -0.144. The SMILES string of the molecule is Nc1ccc(C(=O)NOCC(=O)O)cc1F. The van der Waals surface area contributed by atoms with Gasteiger partial charge >= 0.3 is 5.97 Å². The predicted molar refractivity (Wildman–Crippen MR) is 51.9 cm³/mol. The summed E-state index contributed by atoms with van der Waals surface area (Å²) in [6, 6.07) is 3.44. The largest absolute Gasteiger partial charge is 0.479 e. The third kappa shape index (κ3) is 3.21. The zero-order valence-electron chi connectivity index (χ0n) is 8.07. The molecule has 1 amide bonds. The van der Waals surface area contributed by atoms with Crippen LogP contribution in [0, 0.1) is 5.82 Å². The maximum atomic E-state index is 13.0. The van der Waals surface area contributed by atoms with Crippen LogP contribution in [0.5, 0.6) is 0 Å². The maximum Gasteiger partial charge on any atom is 0.332 e. The van der Waals surface area contributed by atoms with E-state index in [0.717, 1.165) is 6.07 Å². The van der Waals surface area contributed by atoms with Crippen LogP contribution in [0.3, 0.4) is 0 Å². The fourth-order valence-corrected chi connectivity index (χ4v) is 0.891. The second-order valence-electron chi connectivity index (χ2n) is 2.85. The molecule has 0 atom stereocenters. The number of rotatable bonds is 4. The van der Waals surface area contributed by atoms with Gasteiger partial charge in [0.05, 0.1) is 5.69 Å². The number of aliphatic carboxylic acids is 1. The molecular formula is C9H9FN2O4. The van der Waals surface area contributed by atoms with Gasteiger partial charge in [0, 0.05) is 5.56 Å². The van der Waals surface area contributed by atoms with Crippen molar-refractivity contribution in [3.05, 3.63) is 29.6 Å². The summed E-state index contributed by atoms with van der Waals surface area (Å²) in [4.78, 5) is 25.6. The van der Waals surface area contributed by atoms with Gasteiger partial charge in [-0.25, -0.2) is 14.7 Å². The Morgan fingerprint density at radius 1 is 1.50 bits per heavy atom. The summed E-state index contributed by atoms with van der Waals surface area (Å²) < 4.78 is 13.0. The van der Waals surface area contributed by atoms with Crippen molar-refractivity contribution in [2.45, 2.75) is 0 Å². The molecule has 4 N–H and O–H groups in total. The van der Waals surface area contributed by atoms with Crippen molar-refractivity contribution < 1.29 is 23.9 Å². The molecule has 1 aromatic rings. The highest BCUT2D eigenvalue weighted by Gasteiger charge is 2.08. The van der Waals surface area contributed by atoms with E-state index in [2.05, 4.69) is 4.84 Å². The lowest BCUT2D eigenvalue weighted by Gasteiger charge is -2.04. The molecule has 7 heteroatoms. The third-order valence-electron chi connectivity index (χ3n) is 1.62. The van der Waals surface area contributed by atoms with E-state index in [-0.39, 0.29) is 11.3 Å². The van der Waals surface area contributed by atoms with E-state index < -0.39 is 24.3 Å². The number of amides is 1. The van der Waals surface area contributed by atoms with Crippen molar-refractivity contribution in [1.82, 2.24) is 5.48 Å². The van der Waals surface area contributed by atoms with Gasteiger partial charge in [-0.15, -0.1) is 0 Å². The predicted octanol–water partition coefficient (Wildman–Crippen LogP) is 0.154. The molecule has 0 bridgehead atoms. The number of benzene rings is 1. The zero-order chi connectivity index (χ0) is 12.1. The Morgan fingerprint density at radius 3 is 2.75 bits per heavy atom. The van der Waals surface area contributed by atoms with E-state index in [1.54, 1.807) is 0 Å². The van der Waals surface area contributed by atoms with Crippen LogP contribution in [0.25, 0.3) is 0 Å². The number of hydrogen-bond donors (Lipinski definition) is 3. The average Bonchev–Trinajstić information content (AvgIpc) is 2.21. The molecule has 0 aliphatic heterocycles. The number of nitrogen functional groups attached to an aromatic ring is 1. The minimum Gasteiger partial charge on any atom is -0.479 e. The summed E-state index contributed by atoms with van der Waals surface area (Å²) in [6.07, 6.45) is 0. The molecule has 0 fully saturated rings. The highest BCUT2D eigenvalue weighted by Crippen LogP contribution is 2.11. The molecule has 0 saturated carbocycles. The van der Waals surface area contributed by atoms with E-state index in [1.165, 1.54) is 12.1 Å². The van der Waals surface area contributed by atoms with Crippen molar-refractivity contribution in [2.24, 2.45) is 0 Å². The van der Waals surface area contributed by atoms with E-state index in [1.807, 2.05) is 5.48 Å². The van der Waals surface area contributed by atoms with E-state index >= 15 is 0 Å². The lowest BCUT2D eigenvalue weighted by atomic mass is 10.2. The minimum atomic E-state index is -1.23. The zero-order valence-corrected chi connectivity index (χ0v) is 8.07. The van der Waals surface area contributed by atoms with E-state index in [9.17, 15) is 14.0 Å². The van der Waals surface area contributed by atoms with Crippen LogP contribution in [0.15, 0.2) is 18.2 Å². The molecule has 0 saturated heterocycles. The minimum absolute atomic E-state index is 0.0166. The fourth-order valence-electron chi connectivity index (χ4n) is 0.891. The molecule has 0 unspecified atom stereocenters. The van der Waals surface area contributed by atoms with E-state index in [0.29, 0.717) is 0 Å². The van der Waals surface area contributed by atoms with Crippen LogP contribution >= 0.6 is 0 Å². The van der Waals surface area contributed by atoms with Gasteiger partial charge in [-0.2, -0.15) is 0 Å². The standard InChI is InChI=1S/C9H9FN2O4/c10-6-3-5(1-2-7(6)11)9(15)12-16-4-8(13)14/h1-3H,4,11H2,(H,12,15)(H,13,14). The molecule has 86 valence electrons. The highest BCUT2D eigenvalue weighted by molar-refractivity contribution is 5.93. The number of carboxylic acids is 1. The Balaban J connectivity index is 2.59. The molecule has 0 aliphatic carbocycles. The monoisotopic (exact) mass is 228 g/mol. The molecular weight excluding hydrogens is 219 g/mol. The fraction of sp³-hybridized carbons (Fsp3) is 0.111. The van der Waals surface area contributed by atoms with Crippen LogP contribution in [0.4, 0.5) is 10.1 Å². The second kappa shape index (κ2) is 5.08. The Kier molecular flexibility index (Phi) is 3.78. The van der Waals surface area contributed by atoms with Crippen LogP contribution in [0.2, 0.25) is 0 Å². The van der Waals surface area contributed by atoms with Crippen molar-refractivity contribution >= 4 is 17.6 Å². The number of nitrogens with one attached hydrogen (secondary N) is 1. The van der Waals surface area contributed by atoms with E-state index in [4.69, 9.17) is 10.8 Å². The molecule has 0 aliphatic rings. The van der Waals surface area contributed by atoms with Crippen LogP contribution in [-0.2, 0) is 9.63 Å². The molecule has 16 heavy (non-hydrogen) atoms. The van der Waals surface area contributed by atoms with Crippen molar-refractivity contribution in [3.8, 4) is 0 Å². The van der Waals surface area contributed by atoms with Crippen molar-refractivity contribution in [3.63, 3.8) is 0 Å². The first-order valence-electron chi connectivity index (χ1n) is 4.19. The average molecular weight is 228 g/mol. The number of hydrogen-bond acceptors (Lipinski definition) is 4. The number of anilines is 1. The van der Waals surface area contributed by atoms with Gasteiger partial charge in [0.15, 0.2) is 6.61 Å². The molecule has 1 rings (SSSR count). The number of nitrogens with two attached hydrogens (primary N) is 1. The topological polar surface area (TPSA) is 102 Å². The normalized spacial score (nSPS) is 9.81. The molecule has 0 spiro atoms. The van der Waals surface area contributed by atoms with Gasteiger partial charge in [0.25, 0.3) is 5.91 Å². The third-order valence-corrected chi connectivity index (χ3v) is 1.62. The number of carboxylic acid groups (broad SMARTS) is 1. The van der Waals surface area contributed by atoms with Gasteiger partial charge < -0.3 is 10.8 Å². The maximum absolute atomic E-state index is 13.0. The van der Waals surface area contributed by atoms with Crippen molar-refractivity contribution in [1.29, 1.82) is 0 Å². The number of halogens is 1. The number of carbonyl (C=O) groups is 2. The first-order chi connectivity index (χ1) is 7.50. The second-order valence-corrected chi connectivity index (χ2v) is 2.85. The Hall–Kier alpha value is -2.15. The lowest BCUT2D eigenvalue weighted by Crippen LogP contribution is -2.26. The first kappa shape index (κ1) is 11.9. The van der Waals surface area contributed by atoms with Gasteiger partial charge in [-0.1, -0.05) is 0 Å². The van der Waals surface area contributed by atoms with Gasteiger partial charge in [0.1, 0.15) is 5.82 Å². The van der Waals surface area contributed by atoms with Crippen LogP contribution < -0.4 is 11.2 Å². The summed E-state index contributed by atoms with van der Waals surface area (Å²) >= 11 is 0. The Bertz CT molecular complexity index is 422. The summed E-state index contributed by atoms with van der Waals surface area (Å²) in [5.74, 6) is -2.71. The molecule has 0 heterocycles. The van der Waals surface area contributed by atoms with Crippen LogP contribution in [-0.4, -0.2) is 23.6 Å². The smallest absolute Gasteiger partial charge is 0.332 e. The summed E-state index contributed by atoms with van der Waals surface area (Å²) in [5.41, 5.74) is 6.97. The molecule has 6 nitrogen and oxygen atoms in total. The molecule has 0 aromatic heterocycles. The molecule has 0 radical (unpaired) electrons. The summed E-state index contributed by atoms with van der Waals surface area (Å²) in [5, 5.41) is 8.22. The Labute approximate surface area is 89.8 Å². The first-order valence-corrected chi connectivity index (χ1v) is 4.19. The molecule has 1 aromatic carbocycles. The van der Waals surface area contributed by atoms with Gasteiger partial charge in [-0.05, 0) is 18.2 Å². The van der Waals surface area contributed by atoms with Crippen molar-refractivity contribution in [2.75, 3.05) is 12.3 Å². The summed E-state index contributed by atoms with van der Waals surface area (Å²) in [7, 11) is 0.